The number of nitrogens with zero attached hydrogens (tertiary/aromatic N) is 6. The number of rotatable bonds is 8. The quantitative estimate of drug-likeness (QED) is 0.221. The molecule has 180 valence electrons. The predicted octanol–water partition coefficient (Wildman–Crippen LogP) is 2.44. The minimum Gasteiger partial charge on any atom is -0.369 e. The van der Waals surface area contributed by atoms with Gasteiger partial charge in [0.2, 0.25) is 5.95 Å². The Morgan fingerprint density at radius 1 is 1.00 bits per heavy atom. The molecule has 3 heterocycles. The summed E-state index contributed by atoms with van der Waals surface area (Å²) in [6.45, 7) is 11.1. The van der Waals surface area contributed by atoms with E-state index in [1.165, 1.54) is 5.69 Å². The van der Waals surface area contributed by atoms with Crippen LogP contribution < -0.4 is 20.4 Å². The highest BCUT2D eigenvalue weighted by atomic mass is 127. The zero-order chi connectivity index (χ0) is 22.0. The number of para-hydroxylation sites is 1. The van der Waals surface area contributed by atoms with Gasteiger partial charge in [-0.3, -0.25) is 9.89 Å². The molecule has 33 heavy (non-hydrogen) atoms. The van der Waals surface area contributed by atoms with Crippen LogP contribution in [0.4, 0.5) is 11.6 Å². The summed E-state index contributed by atoms with van der Waals surface area (Å²) in [6, 6.07) is 13.0. The Bertz CT molecular complexity index is 827. The molecule has 1 atom stereocenters. The van der Waals surface area contributed by atoms with Gasteiger partial charge in [0.25, 0.3) is 0 Å². The zero-order valence-corrected chi connectivity index (χ0v) is 21.9. The normalized spacial score (nSPS) is 19.3. The van der Waals surface area contributed by atoms with Crippen molar-refractivity contribution in [2.75, 3.05) is 68.7 Å². The van der Waals surface area contributed by atoms with Crippen molar-refractivity contribution in [3.8, 4) is 0 Å². The maximum absolute atomic E-state index is 4.84. The number of hydrogen-bond donors (Lipinski definition) is 2. The number of benzene rings is 1. The molecule has 0 bridgehead atoms. The summed E-state index contributed by atoms with van der Waals surface area (Å²) in [5.74, 6) is 1.79. The second-order valence-corrected chi connectivity index (χ2v) is 8.40. The number of hydrogen-bond acceptors (Lipinski definition) is 6. The summed E-state index contributed by atoms with van der Waals surface area (Å²) in [4.78, 5) is 20.8. The first-order valence-electron chi connectivity index (χ1n) is 11.9. The van der Waals surface area contributed by atoms with Crippen LogP contribution in [0, 0.1) is 0 Å². The summed E-state index contributed by atoms with van der Waals surface area (Å²) < 4.78 is 0. The van der Waals surface area contributed by atoms with Crippen molar-refractivity contribution >= 4 is 41.6 Å². The summed E-state index contributed by atoms with van der Waals surface area (Å²) >= 11 is 0. The number of nitrogens with one attached hydrogen (secondary N) is 2. The monoisotopic (exact) mass is 564 g/mol. The average molecular weight is 565 g/mol. The molecule has 2 aliphatic rings. The minimum absolute atomic E-state index is 0. The third kappa shape index (κ3) is 7.70. The van der Waals surface area contributed by atoms with Crippen molar-refractivity contribution in [1.82, 2.24) is 25.5 Å². The zero-order valence-electron chi connectivity index (χ0n) is 19.6. The van der Waals surface area contributed by atoms with Gasteiger partial charge in [0.05, 0.1) is 0 Å². The first-order chi connectivity index (χ1) is 15.8. The molecule has 0 saturated carbocycles. The topological polar surface area (TPSA) is 71.9 Å². The average Bonchev–Trinajstić information content (AvgIpc) is 3.32. The van der Waals surface area contributed by atoms with E-state index in [0.29, 0.717) is 6.04 Å². The summed E-state index contributed by atoms with van der Waals surface area (Å²) in [7, 11) is 0. The number of aromatic nitrogens is 2. The molecular formula is C24H37IN8. The lowest BCUT2D eigenvalue weighted by Gasteiger charge is -2.34. The minimum atomic E-state index is 0. The molecular weight excluding hydrogens is 527 g/mol. The van der Waals surface area contributed by atoms with E-state index >= 15 is 0 Å². The molecule has 2 saturated heterocycles. The lowest BCUT2D eigenvalue weighted by molar-refractivity contribution is 0.255. The van der Waals surface area contributed by atoms with E-state index in [1.54, 1.807) is 0 Å². The summed E-state index contributed by atoms with van der Waals surface area (Å²) in [5, 5.41) is 7.05. The fourth-order valence-corrected chi connectivity index (χ4v) is 4.38. The van der Waals surface area contributed by atoms with Crippen LogP contribution in [-0.2, 0) is 0 Å². The largest absolute Gasteiger partial charge is 0.369 e. The van der Waals surface area contributed by atoms with Gasteiger partial charge >= 0.3 is 0 Å². The molecule has 8 nitrogen and oxygen atoms in total. The number of piperazine rings is 1. The van der Waals surface area contributed by atoms with Gasteiger partial charge in [0, 0.05) is 83.0 Å². The number of aliphatic imine (C=N–C) groups is 1. The van der Waals surface area contributed by atoms with Crippen molar-refractivity contribution in [2.45, 2.75) is 25.8 Å². The van der Waals surface area contributed by atoms with E-state index in [1.807, 2.05) is 18.5 Å². The van der Waals surface area contributed by atoms with Crippen molar-refractivity contribution < 1.29 is 0 Å². The second kappa shape index (κ2) is 13.5. The van der Waals surface area contributed by atoms with Crippen LogP contribution in [0.2, 0.25) is 0 Å². The molecule has 2 aliphatic heterocycles. The van der Waals surface area contributed by atoms with Crippen LogP contribution in [0.3, 0.4) is 0 Å². The van der Waals surface area contributed by atoms with E-state index in [2.05, 4.69) is 72.6 Å². The van der Waals surface area contributed by atoms with Gasteiger partial charge in [-0.2, -0.15) is 0 Å². The van der Waals surface area contributed by atoms with Crippen LogP contribution >= 0.6 is 24.0 Å². The van der Waals surface area contributed by atoms with E-state index in [0.717, 1.165) is 83.7 Å². The summed E-state index contributed by atoms with van der Waals surface area (Å²) in [5.41, 5.74) is 1.30. The van der Waals surface area contributed by atoms with Crippen LogP contribution in [-0.4, -0.2) is 85.8 Å². The first kappa shape index (κ1) is 25.5. The van der Waals surface area contributed by atoms with Crippen molar-refractivity contribution in [1.29, 1.82) is 0 Å². The molecule has 9 heteroatoms. The van der Waals surface area contributed by atoms with Crippen molar-refractivity contribution in [3.63, 3.8) is 0 Å². The Balaban J connectivity index is 0.00000306. The molecule has 1 aromatic carbocycles. The summed E-state index contributed by atoms with van der Waals surface area (Å²) in [6.07, 6.45) is 5.83. The van der Waals surface area contributed by atoms with Gasteiger partial charge < -0.3 is 20.4 Å². The van der Waals surface area contributed by atoms with Gasteiger partial charge in [0.15, 0.2) is 5.96 Å². The Hall–Kier alpha value is -2.14. The lowest BCUT2D eigenvalue weighted by atomic mass is 10.2. The van der Waals surface area contributed by atoms with Gasteiger partial charge in [-0.15, -0.1) is 24.0 Å². The Kier molecular flexibility index (Phi) is 10.5. The molecule has 4 rings (SSSR count). The maximum Gasteiger partial charge on any atom is 0.225 e. The van der Waals surface area contributed by atoms with E-state index in [4.69, 9.17) is 4.99 Å². The molecule has 0 amide bonds. The first-order valence-corrected chi connectivity index (χ1v) is 11.9. The molecule has 2 N–H and O–H groups in total. The second-order valence-electron chi connectivity index (χ2n) is 8.40. The lowest BCUT2D eigenvalue weighted by Crippen LogP contribution is -2.47. The van der Waals surface area contributed by atoms with Crippen molar-refractivity contribution in [3.05, 3.63) is 48.8 Å². The Morgan fingerprint density at radius 2 is 1.76 bits per heavy atom. The maximum atomic E-state index is 4.84. The molecule has 0 radical (unpaired) electrons. The molecule has 1 aromatic heterocycles. The predicted molar refractivity (Wildman–Crippen MR) is 147 cm³/mol. The van der Waals surface area contributed by atoms with Gasteiger partial charge in [-0.25, -0.2) is 9.97 Å². The molecule has 1 unspecified atom stereocenters. The van der Waals surface area contributed by atoms with Gasteiger partial charge in [-0.1, -0.05) is 18.2 Å². The van der Waals surface area contributed by atoms with E-state index < -0.39 is 0 Å². The van der Waals surface area contributed by atoms with Crippen molar-refractivity contribution in [2.24, 2.45) is 4.99 Å². The van der Waals surface area contributed by atoms with Crippen LogP contribution in [0.5, 0.6) is 0 Å². The fourth-order valence-electron chi connectivity index (χ4n) is 4.38. The number of guanidine groups is 1. The standard InChI is InChI=1S/C24H36N8.HI/c1-2-25-23(29-21-10-15-32(20-21)22-8-4-3-5-9-22)26-13-7-14-30-16-18-31(19-17-30)24-27-11-6-12-28-24;/h3-6,8-9,11-12,21H,2,7,10,13-20H2,1H3,(H2,25,26,29);1H. The smallest absolute Gasteiger partial charge is 0.225 e. The fraction of sp³-hybridized carbons (Fsp3) is 0.542. The highest BCUT2D eigenvalue weighted by molar-refractivity contribution is 14.0. The van der Waals surface area contributed by atoms with Gasteiger partial charge in [-0.05, 0) is 38.0 Å². The van der Waals surface area contributed by atoms with Gasteiger partial charge in [0.1, 0.15) is 0 Å². The SMILES string of the molecule is CCNC(=NCCCN1CCN(c2ncccn2)CC1)NC1CCN(c2ccccc2)C1.I. The third-order valence-electron chi connectivity index (χ3n) is 6.10. The van der Waals surface area contributed by atoms with Crippen LogP contribution in [0.15, 0.2) is 53.8 Å². The Morgan fingerprint density at radius 3 is 2.48 bits per heavy atom. The van der Waals surface area contributed by atoms with Crippen LogP contribution in [0.1, 0.15) is 19.8 Å². The highest BCUT2D eigenvalue weighted by Gasteiger charge is 2.23. The highest BCUT2D eigenvalue weighted by Crippen LogP contribution is 2.19. The Labute approximate surface area is 214 Å². The molecule has 0 spiro atoms. The number of halogens is 1. The molecule has 2 fully saturated rings. The van der Waals surface area contributed by atoms with E-state index in [-0.39, 0.29) is 24.0 Å². The molecule has 0 aliphatic carbocycles. The van der Waals surface area contributed by atoms with Crippen LogP contribution in [0.25, 0.3) is 0 Å². The van der Waals surface area contributed by atoms with E-state index in [9.17, 15) is 0 Å². The third-order valence-corrected chi connectivity index (χ3v) is 6.10. The molecule has 2 aromatic rings. The number of anilines is 2.